The van der Waals surface area contributed by atoms with E-state index in [1.165, 1.54) is 4.31 Å². The summed E-state index contributed by atoms with van der Waals surface area (Å²) in [6.45, 7) is 7.68. The van der Waals surface area contributed by atoms with Crippen LogP contribution in [0.3, 0.4) is 0 Å². The van der Waals surface area contributed by atoms with Crippen molar-refractivity contribution in [1.82, 2.24) is 10.2 Å². The summed E-state index contributed by atoms with van der Waals surface area (Å²) in [5.41, 5.74) is 2.32. The van der Waals surface area contributed by atoms with Crippen LogP contribution < -0.4 is 9.62 Å². The summed E-state index contributed by atoms with van der Waals surface area (Å²) in [6.07, 6.45) is 1.68. The predicted molar refractivity (Wildman–Crippen MR) is 171 cm³/mol. The molecule has 0 aliphatic rings. The minimum absolute atomic E-state index is 0.0180. The van der Waals surface area contributed by atoms with E-state index in [-0.39, 0.29) is 37.7 Å². The molecule has 0 saturated heterocycles. The van der Waals surface area contributed by atoms with Gasteiger partial charge in [-0.25, -0.2) is 8.42 Å². The highest BCUT2D eigenvalue weighted by Crippen LogP contribution is 2.27. The van der Waals surface area contributed by atoms with Crippen LogP contribution in [0, 0.1) is 6.92 Å². The normalized spacial score (nSPS) is 12.5. The lowest BCUT2D eigenvalue weighted by Crippen LogP contribution is -2.54. The lowest BCUT2D eigenvalue weighted by atomic mass is 10.00. The largest absolute Gasteiger partial charge is 0.350 e. The molecule has 3 rings (SSSR count). The SMILES string of the molecule is Cc1ccc(Cl)cc1N(CCCC(=O)N(Cc1ccccc1Cl)[C@@H](Cc1ccccc1)C(=O)NC(C)(C)C)S(C)(=O)=O. The van der Waals surface area contributed by atoms with Gasteiger partial charge in [-0.05, 0) is 69.0 Å². The summed E-state index contributed by atoms with van der Waals surface area (Å²) in [5.74, 6) is -0.560. The Morgan fingerprint density at radius 3 is 2.21 bits per heavy atom. The zero-order valence-electron chi connectivity index (χ0n) is 24.7. The van der Waals surface area contributed by atoms with Gasteiger partial charge in [0, 0.05) is 41.5 Å². The van der Waals surface area contributed by atoms with Gasteiger partial charge in [0.1, 0.15) is 6.04 Å². The summed E-state index contributed by atoms with van der Waals surface area (Å²) >= 11 is 12.7. The fourth-order valence-electron chi connectivity index (χ4n) is 4.65. The zero-order chi connectivity index (χ0) is 31.1. The molecular formula is C32H39Cl2N3O4S. The van der Waals surface area contributed by atoms with Gasteiger partial charge in [-0.15, -0.1) is 0 Å². The second-order valence-corrected chi connectivity index (χ2v) is 14.2. The molecule has 0 saturated carbocycles. The van der Waals surface area contributed by atoms with E-state index in [2.05, 4.69) is 5.32 Å². The maximum absolute atomic E-state index is 14.0. The Bertz CT molecular complexity index is 1490. The maximum Gasteiger partial charge on any atom is 0.243 e. The monoisotopic (exact) mass is 631 g/mol. The molecule has 7 nitrogen and oxygen atoms in total. The van der Waals surface area contributed by atoms with E-state index in [1.54, 1.807) is 29.2 Å². The molecule has 0 fully saturated rings. The third-order valence-electron chi connectivity index (χ3n) is 6.66. The van der Waals surface area contributed by atoms with Crippen molar-refractivity contribution in [3.05, 3.63) is 99.5 Å². The van der Waals surface area contributed by atoms with Crippen LogP contribution in [0.1, 0.15) is 50.3 Å². The molecule has 1 N–H and O–H groups in total. The standard InChI is InChI=1S/C32H39Cl2N3O4S/c1-23-17-18-26(33)21-28(23)37(42(5,40)41)19-11-16-30(38)36(22-25-14-9-10-15-27(25)34)29(31(39)35-32(2,3)4)20-24-12-7-6-8-13-24/h6-10,12-15,17-18,21,29H,11,16,19-20,22H2,1-5H3,(H,35,39)/t29-/m0/s1. The number of amides is 2. The number of benzene rings is 3. The number of rotatable bonds is 12. The van der Waals surface area contributed by atoms with Crippen LogP contribution >= 0.6 is 23.2 Å². The topological polar surface area (TPSA) is 86.8 Å². The van der Waals surface area contributed by atoms with Crippen molar-refractivity contribution in [2.24, 2.45) is 0 Å². The molecule has 226 valence electrons. The van der Waals surface area contributed by atoms with Crippen molar-refractivity contribution in [3.8, 4) is 0 Å². The number of sulfonamides is 1. The first-order valence-corrected chi connectivity index (χ1v) is 16.4. The number of hydrogen-bond donors (Lipinski definition) is 1. The third-order valence-corrected chi connectivity index (χ3v) is 8.44. The van der Waals surface area contributed by atoms with E-state index >= 15 is 0 Å². The number of nitrogens with zero attached hydrogens (tertiary/aromatic N) is 2. The van der Waals surface area contributed by atoms with Crippen LogP contribution in [0.2, 0.25) is 10.0 Å². The fraction of sp³-hybridized carbons (Fsp3) is 0.375. The molecule has 0 spiro atoms. The molecule has 0 heterocycles. The van der Waals surface area contributed by atoms with Crippen molar-refractivity contribution < 1.29 is 18.0 Å². The van der Waals surface area contributed by atoms with Crippen molar-refractivity contribution >= 4 is 50.7 Å². The van der Waals surface area contributed by atoms with Crippen molar-refractivity contribution in [3.63, 3.8) is 0 Å². The van der Waals surface area contributed by atoms with Gasteiger partial charge in [-0.1, -0.05) is 77.8 Å². The van der Waals surface area contributed by atoms with Crippen LogP contribution in [0.15, 0.2) is 72.8 Å². The molecule has 10 heteroatoms. The Labute approximate surface area is 259 Å². The van der Waals surface area contributed by atoms with Crippen LogP contribution in [-0.2, 0) is 32.6 Å². The summed E-state index contributed by atoms with van der Waals surface area (Å²) in [6, 6.07) is 21.0. The highest BCUT2D eigenvalue weighted by molar-refractivity contribution is 7.92. The van der Waals surface area contributed by atoms with Gasteiger partial charge in [0.15, 0.2) is 0 Å². The number of aryl methyl sites for hydroxylation is 1. The molecule has 3 aromatic carbocycles. The second kappa shape index (κ2) is 14.4. The average molecular weight is 633 g/mol. The van der Waals surface area contributed by atoms with Crippen molar-refractivity contribution in [2.75, 3.05) is 17.1 Å². The molecule has 42 heavy (non-hydrogen) atoms. The van der Waals surface area contributed by atoms with E-state index in [9.17, 15) is 18.0 Å². The Hall–Kier alpha value is -3.07. The smallest absolute Gasteiger partial charge is 0.243 e. The van der Waals surface area contributed by atoms with E-state index in [0.717, 1.165) is 17.4 Å². The minimum Gasteiger partial charge on any atom is -0.350 e. The van der Waals surface area contributed by atoms with Crippen LogP contribution in [0.4, 0.5) is 5.69 Å². The van der Waals surface area contributed by atoms with Crippen LogP contribution in [-0.4, -0.2) is 49.5 Å². The molecule has 1 atom stereocenters. The van der Waals surface area contributed by atoms with Gasteiger partial charge < -0.3 is 10.2 Å². The predicted octanol–water partition coefficient (Wildman–Crippen LogP) is 6.40. The van der Waals surface area contributed by atoms with Gasteiger partial charge >= 0.3 is 0 Å². The minimum atomic E-state index is -3.65. The lowest BCUT2D eigenvalue weighted by Gasteiger charge is -2.34. The number of carbonyl (C=O) groups is 2. The first kappa shape index (κ1) is 33.4. The first-order valence-electron chi connectivity index (χ1n) is 13.8. The summed E-state index contributed by atoms with van der Waals surface area (Å²) in [5, 5.41) is 3.94. The summed E-state index contributed by atoms with van der Waals surface area (Å²) < 4.78 is 26.7. The summed E-state index contributed by atoms with van der Waals surface area (Å²) in [4.78, 5) is 29.2. The Kier molecular flexibility index (Phi) is 11.5. The van der Waals surface area contributed by atoms with Gasteiger partial charge in [0.05, 0.1) is 11.9 Å². The molecule has 0 bridgehead atoms. The Morgan fingerprint density at radius 1 is 0.952 bits per heavy atom. The van der Waals surface area contributed by atoms with Crippen molar-refractivity contribution in [2.45, 2.75) is 65.1 Å². The van der Waals surface area contributed by atoms with Crippen LogP contribution in [0.25, 0.3) is 0 Å². The molecule has 3 aromatic rings. The van der Waals surface area contributed by atoms with Gasteiger partial charge in [0.2, 0.25) is 21.8 Å². The molecule has 0 radical (unpaired) electrons. The molecule has 2 amide bonds. The number of carbonyl (C=O) groups excluding carboxylic acids is 2. The molecule has 0 aliphatic heterocycles. The summed E-state index contributed by atoms with van der Waals surface area (Å²) in [7, 11) is -3.65. The first-order chi connectivity index (χ1) is 19.7. The molecule has 0 aromatic heterocycles. The third kappa shape index (κ3) is 9.75. The van der Waals surface area contributed by atoms with Crippen LogP contribution in [0.5, 0.6) is 0 Å². The Balaban J connectivity index is 1.93. The quantitative estimate of drug-likeness (QED) is 0.250. The van der Waals surface area contributed by atoms with Crippen molar-refractivity contribution in [1.29, 1.82) is 0 Å². The lowest BCUT2D eigenvalue weighted by molar-refractivity contribution is -0.142. The molecular weight excluding hydrogens is 593 g/mol. The van der Waals surface area contributed by atoms with E-state index in [1.807, 2.05) is 76.2 Å². The number of hydrogen-bond acceptors (Lipinski definition) is 4. The van der Waals surface area contributed by atoms with E-state index < -0.39 is 21.6 Å². The highest BCUT2D eigenvalue weighted by Gasteiger charge is 2.32. The van der Waals surface area contributed by atoms with E-state index in [0.29, 0.717) is 27.7 Å². The number of nitrogens with one attached hydrogen (secondary N) is 1. The zero-order valence-corrected chi connectivity index (χ0v) is 27.1. The van der Waals surface area contributed by atoms with Gasteiger partial charge in [-0.2, -0.15) is 0 Å². The van der Waals surface area contributed by atoms with Gasteiger partial charge in [0.25, 0.3) is 0 Å². The average Bonchev–Trinajstić information content (AvgIpc) is 2.90. The maximum atomic E-state index is 14.0. The second-order valence-electron chi connectivity index (χ2n) is 11.4. The fourth-order valence-corrected chi connectivity index (χ4v) is 6.03. The highest BCUT2D eigenvalue weighted by atomic mass is 35.5. The number of anilines is 1. The molecule has 0 unspecified atom stereocenters. The number of halogens is 2. The molecule has 0 aliphatic carbocycles. The van der Waals surface area contributed by atoms with Gasteiger partial charge in [-0.3, -0.25) is 13.9 Å². The Morgan fingerprint density at radius 2 is 1.60 bits per heavy atom. The van der Waals surface area contributed by atoms with E-state index in [4.69, 9.17) is 23.2 Å².